The Morgan fingerprint density at radius 2 is 1.84 bits per heavy atom. The van der Waals surface area contributed by atoms with Crippen LogP contribution >= 0.6 is 12.2 Å². The van der Waals surface area contributed by atoms with Crippen molar-refractivity contribution in [3.8, 4) is 11.5 Å². The van der Waals surface area contributed by atoms with Gasteiger partial charge in [-0.05, 0) is 23.8 Å². The zero-order valence-electron chi connectivity index (χ0n) is 10.6. The van der Waals surface area contributed by atoms with E-state index in [1.54, 1.807) is 13.2 Å². The van der Waals surface area contributed by atoms with E-state index in [1.807, 2.05) is 42.5 Å². The van der Waals surface area contributed by atoms with Crippen LogP contribution in [-0.2, 0) is 6.61 Å². The first-order valence-electron chi connectivity index (χ1n) is 5.85. The average Bonchev–Trinajstić information content (AvgIpc) is 2.45. The summed E-state index contributed by atoms with van der Waals surface area (Å²) >= 11 is 4.94. The Hall–Kier alpha value is -2.07. The highest BCUT2D eigenvalue weighted by atomic mass is 32.1. The fourth-order valence-corrected chi connectivity index (χ4v) is 1.80. The molecule has 0 radical (unpaired) electrons. The van der Waals surface area contributed by atoms with Crippen molar-refractivity contribution in [3.05, 3.63) is 59.7 Å². The molecule has 2 rings (SSSR count). The third-order valence-corrected chi connectivity index (χ3v) is 2.92. The second-order valence-electron chi connectivity index (χ2n) is 4.00. The predicted molar refractivity (Wildman–Crippen MR) is 79.7 cm³/mol. The molecule has 2 aromatic carbocycles. The van der Waals surface area contributed by atoms with E-state index in [0.29, 0.717) is 23.1 Å². The van der Waals surface area contributed by atoms with Crippen molar-refractivity contribution in [3.63, 3.8) is 0 Å². The second kappa shape index (κ2) is 6.20. The van der Waals surface area contributed by atoms with Crippen molar-refractivity contribution in [2.75, 3.05) is 7.11 Å². The van der Waals surface area contributed by atoms with Crippen LogP contribution in [0.25, 0.3) is 0 Å². The fraction of sp³-hybridized carbons (Fsp3) is 0.133. The largest absolute Gasteiger partial charge is 0.493 e. The molecule has 98 valence electrons. The van der Waals surface area contributed by atoms with Crippen LogP contribution in [0.3, 0.4) is 0 Å². The third kappa shape index (κ3) is 3.45. The molecular weight excluding hydrogens is 258 g/mol. The van der Waals surface area contributed by atoms with Crippen LogP contribution in [0.5, 0.6) is 11.5 Å². The lowest BCUT2D eigenvalue weighted by atomic mass is 10.2. The lowest BCUT2D eigenvalue weighted by molar-refractivity contribution is 0.284. The molecule has 0 spiro atoms. The van der Waals surface area contributed by atoms with Gasteiger partial charge in [-0.15, -0.1) is 0 Å². The standard InChI is InChI=1S/C15H15NO2S/c1-17-14-9-12(15(16)19)7-8-13(14)18-10-11-5-3-2-4-6-11/h2-9H,10H2,1H3,(H2,16,19). The van der Waals surface area contributed by atoms with Crippen molar-refractivity contribution in [1.29, 1.82) is 0 Å². The molecule has 0 aliphatic rings. The molecule has 0 aliphatic heterocycles. The molecule has 19 heavy (non-hydrogen) atoms. The van der Waals surface area contributed by atoms with E-state index in [0.717, 1.165) is 11.1 Å². The number of nitrogens with two attached hydrogens (primary N) is 1. The van der Waals surface area contributed by atoms with E-state index in [1.165, 1.54) is 0 Å². The Bertz CT molecular complexity index is 570. The molecule has 0 heterocycles. The Kier molecular flexibility index (Phi) is 4.36. The van der Waals surface area contributed by atoms with Crippen molar-refractivity contribution in [2.24, 2.45) is 5.73 Å². The first-order valence-corrected chi connectivity index (χ1v) is 6.26. The molecule has 0 aromatic heterocycles. The summed E-state index contributed by atoms with van der Waals surface area (Å²) in [5.41, 5.74) is 7.45. The van der Waals surface area contributed by atoms with Gasteiger partial charge in [0.15, 0.2) is 11.5 Å². The summed E-state index contributed by atoms with van der Waals surface area (Å²) in [7, 11) is 1.59. The summed E-state index contributed by atoms with van der Waals surface area (Å²) in [6.07, 6.45) is 0. The molecule has 0 aliphatic carbocycles. The van der Waals surface area contributed by atoms with Gasteiger partial charge < -0.3 is 15.2 Å². The number of benzene rings is 2. The van der Waals surface area contributed by atoms with Gasteiger partial charge in [0.2, 0.25) is 0 Å². The van der Waals surface area contributed by atoms with Gasteiger partial charge in [0.25, 0.3) is 0 Å². The van der Waals surface area contributed by atoms with Crippen molar-refractivity contribution < 1.29 is 9.47 Å². The maximum Gasteiger partial charge on any atom is 0.161 e. The van der Waals surface area contributed by atoms with Gasteiger partial charge in [0.05, 0.1) is 7.11 Å². The molecule has 0 fully saturated rings. The van der Waals surface area contributed by atoms with E-state index < -0.39 is 0 Å². The van der Waals surface area contributed by atoms with Gasteiger partial charge in [-0.25, -0.2) is 0 Å². The van der Waals surface area contributed by atoms with Crippen molar-refractivity contribution >= 4 is 17.2 Å². The third-order valence-electron chi connectivity index (χ3n) is 2.69. The number of ether oxygens (including phenoxy) is 2. The number of hydrogen-bond acceptors (Lipinski definition) is 3. The molecule has 4 heteroatoms. The zero-order valence-corrected chi connectivity index (χ0v) is 11.4. The highest BCUT2D eigenvalue weighted by molar-refractivity contribution is 7.80. The van der Waals surface area contributed by atoms with Crippen LogP contribution in [0.4, 0.5) is 0 Å². The van der Waals surface area contributed by atoms with Crippen molar-refractivity contribution in [2.45, 2.75) is 6.61 Å². The summed E-state index contributed by atoms with van der Waals surface area (Å²) in [6.45, 7) is 0.490. The van der Waals surface area contributed by atoms with E-state index in [9.17, 15) is 0 Å². The maximum absolute atomic E-state index is 5.74. The molecule has 0 amide bonds. The molecule has 0 atom stereocenters. The number of hydrogen-bond donors (Lipinski definition) is 1. The van der Waals surface area contributed by atoms with Crippen LogP contribution in [0.1, 0.15) is 11.1 Å². The molecule has 3 nitrogen and oxygen atoms in total. The molecule has 0 unspecified atom stereocenters. The van der Waals surface area contributed by atoms with Gasteiger partial charge in [0.1, 0.15) is 11.6 Å². The normalized spacial score (nSPS) is 9.95. The summed E-state index contributed by atoms with van der Waals surface area (Å²) in [4.78, 5) is 0.341. The van der Waals surface area contributed by atoms with Crippen molar-refractivity contribution in [1.82, 2.24) is 0 Å². The van der Waals surface area contributed by atoms with E-state index in [4.69, 9.17) is 27.4 Å². The summed E-state index contributed by atoms with van der Waals surface area (Å²) in [5, 5.41) is 0. The number of thiocarbonyl (C=S) groups is 1. The molecule has 0 saturated carbocycles. The average molecular weight is 273 g/mol. The highest BCUT2D eigenvalue weighted by Gasteiger charge is 2.07. The first-order chi connectivity index (χ1) is 9.20. The Labute approximate surface area is 118 Å². The summed E-state index contributed by atoms with van der Waals surface area (Å²) in [6, 6.07) is 15.4. The maximum atomic E-state index is 5.74. The Balaban J connectivity index is 2.14. The second-order valence-corrected chi connectivity index (χ2v) is 4.44. The van der Waals surface area contributed by atoms with Crippen LogP contribution in [0, 0.1) is 0 Å². The van der Waals surface area contributed by atoms with E-state index in [-0.39, 0.29) is 0 Å². The van der Waals surface area contributed by atoms with Crippen LogP contribution < -0.4 is 15.2 Å². The van der Waals surface area contributed by atoms with Crippen LogP contribution in [0.15, 0.2) is 48.5 Å². The lowest BCUT2D eigenvalue weighted by Gasteiger charge is -2.12. The summed E-state index contributed by atoms with van der Waals surface area (Å²) < 4.78 is 11.0. The minimum atomic E-state index is 0.341. The van der Waals surface area contributed by atoms with Gasteiger partial charge in [-0.1, -0.05) is 42.5 Å². The first kappa shape index (κ1) is 13.4. The van der Waals surface area contributed by atoms with Gasteiger partial charge in [0, 0.05) is 5.56 Å². The topological polar surface area (TPSA) is 44.5 Å². The number of methoxy groups -OCH3 is 1. The molecular formula is C15H15NO2S. The zero-order chi connectivity index (χ0) is 13.7. The molecule has 2 N–H and O–H groups in total. The monoisotopic (exact) mass is 273 g/mol. The van der Waals surface area contributed by atoms with Gasteiger partial charge in [-0.2, -0.15) is 0 Å². The highest BCUT2D eigenvalue weighted by Crippen LogP contribution is 2.28. The minimum Gasteiger partial charge on any atom is -0.493 e. The quantitative estimate of drug-likeness (QED) is 0.851. The summed E-state index contributed by atoms with van der Waals surface area (Å²) in [5.74, 6) is 1.30. The van der Waals surface area contributed by atoms with Gasteiger partial charge in [-0.3, -0.25) is 0 Å². The Morgan fingerprint density at radius 1 is 1.11 bits per heavy atom. The van der Waals surface area contributed by atoms with Crippen LogP contribution in [-0.4, -0.2) is 12.1 Å². The van der Waals surface area contributed by atoms with Gasteiger partial charge >= 0.3 is 0 Å². The Morgan fingerprint density at radius 3 is 2.47 bits per heavy atom. The minimum absolute atomic E-state index is 0.341. The lowest BCUT2D eigenvalue weighted by Crippen LogP contribution is -2.09. The van der Waals surface area contributed by atoms with Crippen LogP contribution in [0.2, 0.25) is 0 Å². The molecule has 0 bridgehead atoms. The molecule has 2 aromatic rings. The van der Waals surface area contributed by atoms with E-state index in [2.05, 4.69) is 0 Å². The SMILES string of the molecule is COc1cc(C(N)=S)ccc1OCc1ccccc1. The smallest absolute Gasteiger partial charge is 0.161 e. The fourth-order valence-electron chi connectivity index (χ4n) is 1.68. The van der Waals surface area contributed by atoms with E-state index >= 15 is 0 Å². The number of rotatable bonds is 5. The predicted octanol–water partition coefficient (Wildman–Crippen LogP) is 2.91. The molecule has 0 saturated heterocycles.